The lowest BCUT2D eigenvalue weighted by atomic mass is 9.94. The molecule has 1 N–H and O–H groups in total. The van der Waals surface area contributed by atoms with Crippen molar-refractivity contribution in [1.29, 1.82) is 0 Å². The van der Waals surface area contributed by atoms with Gasteiger partial charge in [0.05, 0.1) is 5.56 Å². The van der Waals surface area contributed by atoms with E-state index in [1.165, 1.54) is 25.0 Å². The van der Waals surface area contributed by atoms with Crippen molar-refractivity contribution in [3.63, 3.8) is 0 Å². The minimum atomic E-state index is -0.333. The van der Waals surface area contributed by atoms with Crippen LogP contribution in [-0.4, -0.2) is 36.5 Å². The highest BCUT2D eigenvalue weighted by molar-refractivity contribution is 9.10. The maximum Gasteiger partial charge on any atom is 0.255 e. The fraction of sp³-hybridized carbons (Fsp3) is 0.500. The molecule has 2 aliphatic rings. The Morgan fingerprint density at radius 3 is 3.00 bits per heavy atom. The highest BCUT2D eigenvalue weighted by Gasteiger charge is 2.36. The summed E-state index contributed by atoms with van der Waals surface area (Å²) in [6, 6.07) is 4.66. The molecule has 2 heterocycles. The Labute approximate surface area is 120 Å². The molecule has 1 amide bonds. The predicted octanol–water partition coefficient (Wildman–Crippen LogP) is 2.41. The van der Waals surface area contributed by atoms with E-state index in [4.69, 9.17) is 0 Å². The number of carbonyl (C=O) groups excluding carboxylic acids is 1. The molecular weight excluding hydrogens is 311 g/mol. The molecule has 19 heavy (non-hydrogen) atoms. The van der Waals surface area contributed by atoms with Gasteiger partial charge in [0.1, 0.15) is 5.82 Å². The molecule has 1 aromatic rings. The fourth-order valence-corrected chi connectivity index (χ4v) is 3.57. The number of fused-ring (bicyclic) bond motifs is 1. The minimum absolute atomic E-state index is 0.0110. The van der Waals surface area contributed by atoms with Crippen LogP contribution in [0.25, 0.3) is 0 Å². The Morgan fingerprint density at radius 2 is 2.26 bits per heavy atom. The molecule has 2 atom stereocenters. The second-order valence-electron chi connectivity index (χ2n) is 5.30. The number of hydrogen-bond acceptors (Lipinski definition) is 2. The minimum Gasteiger partial charge on any atom is -0.337 e. The van der Waals surface area contributed by atoms with Gasteiger partial charge >= 0.3 is 0 Å². The van der Waals surface area contributed by atoms with Crippen molar-refractivity contribution in [2.75, 3.05) is 19.6 Å². The van der Waals surface area contributed by atoms with Gasteiger partial charge in [0.15, 0.2) is 0 Å². The van der Waals surface area contributed by atoms with Crippen LogP contribution in [0.4, 0.5) is 4.39 Å². The summed E-state index contributed by atoms with van der Waals surface area (Å²) in [5, 5.41) is 3.48. The van der Waals surface area contributed by atoms with Gasteiger partial charge in [-0.05, 0) is 59.4 Å². The van der Waals surface area contributed by atoms with Crippen LogP contribution in [0, 0.1) is 11.7 Å². The number of hydrogen-bond donors (Lipinski definition) is 1. The molecule has 2 saturated heterocycles. The van der Waals surface area contributed by atoms with E-state index in [1.54, 1.807) is 6.07 Å². The van der Waals surface area contributed by atoms with Gasteiger partial charge in [0.25, 0.3) is 5.91 Å². The first-order valence-corrected chi connectivity index (χ1v) is 7.42. The summed E-state index contributed by atoms with van der Waals surface area (Å²) in [5.74, 6) is 0.222. The molecule has 5 heteroatoms. The number of benzene rings is 1. The lowest BCUT2D eigenvalue weighted by Gasteiger charge is -2.24. The van der Waals surface area contributed by atoms with Crippen LogP contribution >= 0.6 is 15.9 Å². The van der Waals surface area contributed by atoms with Gasteiger partial charge in [-0.1, -0.05) is 0 Å². The highest BCUT2D eigenvalue weighted by Crippen LogP contribution is 2.27. The molecule has 0 unspecified atom stereocenters. The summed E-state index contributed by atoms with van der Waals surface area (Å²) in [5.41, 5.74) is 0.542. The van der Waals surface area contributed by atoms with Crippen LogP contribution < -0.4 is 5.32 Å². The van der Waals surface area contributed by atoms with Gasteiger partial charge in [-0.3, -0.25) is 4.79 Å². The van der Waals surface area contributed by atoms with E-state index in [2.05, 4.69) is 21.2 Å². The molecule has 3 nitrogen and oxygen atoms in total. The van der Waals surface area contributed by atoms with Crippen molar-refractivity contribution >= 4 is 21.8 Å². The van der Waals surface area contributed by atoms with E-state index in [1.807, 2.05) is 4.90 Å². The maximum absolute atomic E-state index is 13.1. The average molecular weight is 327 g/mol. The molecule has 102 valence electrons. The zero-order valence-corrected chi connectivity index (χ0v) is 12.1. The number of carbonyl (C=O) groups is 1. The van der Waals surface area contributed by atoms with E-state index in [9.17, 15) is 9.18 Å². The van der Waals surface area contributed by atoms with E-state index in [-0.39, 0.29) is 11.7 Å². The zero-order chi connectivity index (χ0) is 13.4. The molecule has 0 bridgehead atoms. The second kappa shape index (κ2) is 5.21. The molecule has 0 saturated carbocycles. The van der Waals surface area contributed by atoms with Crippen LogP contribution in [0.3, 0.4) is 0 Å². The standard InChI is InChI=1S/C14H16BrFN2O/c15-12-6-10(16)3-4-11(12)14(19)18-7-9-2-1-5-17-13(9)8-18/h3-4,6,9,13,17H,1-2,5,7-8H2/t9-,13+/m0/s1. The van der Waals surface area contributed by atoms with Crippen LogP contribution in [0.5, 0.6) is 0 Å². The van der Waals surface area contributed by atoms with Crippen LogP contribution in [0.15, 0.2) is 22.7 Å². The number of piperidine rings is 1. The van der Waals surface area contributed by atoms with Crippen molar-refractivity contribution in [2.24, 2.45) is 5.92 Å². The van der Waals surface area contributed by atoms with Gasteiger partial charge < -0.3 is 10.2 Å². The summed E-state index contributed by atoms with van der Waals surface area (Å²) >= 11 is 3.27. The summed E-state index contributed by atoms with van der Waals surface area (Å²) in [4.78, 5) is 14.3. The van der Waals surface area contributed by atoms with E-state index in [0.717, 1.165) is 19.6 Å². The van der Waals surface area contributed by atoms with Crippen molar-refractivity contribution < 1.29 is 9.18 Å². The number of nitrogens with zero attached hydrogens (tertiary/aromatic N) is 1. The molecule has 0 aliphatic carbocycles. The number of nitrogens with one attached hydrogen (secondary N) is 1. The van der Waals surface area contributed by atoms with Crippen molar-refractivity contribution in [3.8, 4) is 0 Å². The van der Waals surface area contributed by atoms with Gasteiger partial charge in [0.2, 0.25) is 0 Å². The van der Waals surface area contributed by atoms with E-state index < -0.39 is 0 Å². The molecule has 1 aromatic carbocycles. The molecule has 0 aromatic heterocycles. The third kappa shape index (κ3) is 2.54. The first kappa shape index (κ1) is 13.1. The monoisotopic (exact) mass is 326 g/mol. The highest BCUT2D eigenvalue weighted by atomic mass is 79.9. The Hall–Kier alpha value is -0.940. The van der Waals surface area contributed by atoms with E-state index in [0.29, 0.717) is 22.0 Å². The SMILES string of the molecule is O=C(c1ccc(F)cc1Br)N1C[C@@H]2CCCN[C@@H]2C1. The topological polar surface area (TPSA) is 32.3 Å². The van der Waals surface area contributed by atoms with Gasteiger partial charge in [-0.2, -0.15) is 0 Å². The lowest BCUT2D eigenvalue weighted by molar-refractivity contribution is 0.0784. The van der Waals surface area contributed by atoms with Crippen LogP contribution in [-0.2, 0) is 0 Å². The van der Waals surface area contributed by atoms with Crippen LogP contribution in [0.2, 0.25) is 0 Å². The Bertz CT molecular complexity index is 494. The Morgan fingerprint density at radius 1 is 1.42 bits per heavy atom. The largest absolute Gasteiger partial charge is 0.337 e. The first-order valence-electron chi connectivity index (χ1n) is 6.63. The third-order valence-corrected chi connectivity index (χ3v) is 4.70. The van der Waals surface area contributed by atoms with Crippen molar-refractivity contribution in [1.82, 2.24) is 10.2 Å². The normalized spacial score (nSPS) is 26.3. The predicted molar refractivity (Wildman–Crippen MR) is 74.5 cm³/mol. The van der Waals surface area contributed by atoms with E-state index >= 15 is 0 Å². The smallest absolute Gasteiger partial charge is 0.255 e. The molecule has 0 radical (unpaired) electrons. The Balaban J connectivity index is 1.77. The lowest BCUT2D eigenvalue weighted by Crippen LogP contribution is -2.41. The molecule has 3 rings (SSSR count). The van der Waals surface area contributed by atoms with Crippen molar-refractivity contribution in [2.45, 2.75) is 18.9 Å². The third-order valence-electron chi connectivity index (χ3n) is 4.05. The maximum atomic E-state index is 13.1. The van der Waals surface area contributed by atoms with Crippen LogP contribution in [0.1, 0.15) is 23.2 Å². The Kier molecular flexibility index (Phi) is 3.58. The summed E-state index contributed by atoms with van der Waals surface area (Å²) in [6.45, 7) is 2.61. The molecular formula is C14H16BrFN2O. The molecule has 0 spiro atoms. The zero-order valence-electron chi connectivity index (χ0n) is 10.5. The molecule has 2 fully saturated rings. The number of amides is 1. The molecule has 2 aliphatic heterocycles. The van der Waals surface area contributed by atoms with Gasteiger partial charge in [0, 0.05) is 23.6 Å². The second-order valence-corrected chi connectivity index (χ2v) is 6.15. The average Bonchev–Trinajstić information content (AvgIpc) is 2.81. The fourth-order valence-electron chi connectivity index (χ4n) is 3.05. The summed E-state index contributed by atoms with van der Waals surface area (Å²) in [7, 11) is 0. The van der Waals surface area contributed by atoms with Crippen molar-refractivity contribution in [3.05, 3.63) is 34.1 Å². The quantitative estimate of drug-likeness (QED) is 0.859. The summed E-state index contributed by atoms with van der Waals surface area (Å²) in [6.07, 6.45) is 2.37. The number of likely N-dealkylation sites (tertiary alicyclic amines) is 1. The first-order chi connectivity index (χ1) is 9.15. The van der Waals surface area contributed by atoms with Gasteiger partial charge in [-0.25, -0.2) is 4.39 Å². The summed E-state index contributed by atoms with van der Waals surface area (Å²) < 4.78 is 13.6. The number of rotatable bonds is 1. The van der Waals surface area contributed by atoms with Gasteiger partial charge in [-0.15, -0.1) is 0 Å². The number of halogens is 2.